The van der Waals surface area contributed by atoms with Gasteiger partial charge in [0.25, 0.3) is 0 Å². The van der Waals surface area contributed by atoms with Gasteiger partial charge in [0, 0.05) is 5.56 Å². The largest absolute Gasteiger partial charge is 0.402 e. The van der Waals surface area contributed by atoms with Crippen molar-refractivity contribution in [2.45, 2.75) is 13.8 Å². The van der Waals surface area contributed by atoms with Crippen LogP contribution in [0.15, 0.2) is 59.2 Å². The Morgan fingerprint density at radius 1 is 1.05 bits per heavy atom. The summed E-state index contributed by atoms with van der Waals surface area (Å²) in [5.74, 6) is -0.0432. The van der Waals surface area contributed by atoms with Crippen molar-refractivity contribution in [3.05, 3.63) is 76.5 Å². The smallest absolute Gasteiger partial charge is 0.363 e. The van der Waals surface area contributed by atoms with Crippen LogP contribution in [0.3, 0.4) is 0 Å². The minimum Gasteiger partial charge on any atom is -0.402 e. The number of esters is 1. The number of carbonyl (C=O) groups is 1. The Morgan fingerprint density at radius 2 is 1.86 bits per heavy atom. The minimum atomic E-state index is -0.408. The number of ether oxygens (including phenoxy) is 1. The van der Waals surface area contributed by atoms with E-state index in [9.17, 15) is 4.79 Å². The Morgan fingerprint density at radius 3 is 2.62 bits per heavy atom. The number of benzene rings is 2. The van der Waals surface area contributed by atoms with Crippen molar-refractivity contribution in [3.8, 4) is 0 Å². The average Bonchev–Trinajstić information content (AvgIpc) is 2.83. The predicted molar refractivity (Wildman–Crippen MR) is 83.0 cm³/mol. The van der Waals surface area contributed by atoms with Gasteiger partial charge in [0.2, 0.25) is 5.90 Å². The van der Waals surface area contributed by atoms with Crippen LogP contribution in [0.5, 0.6) is 0 Å². The zero-order valence-electron chi connectivity index (χ0n) is 12.0. The molecule has 0 spiro atoms. The van der Waals surface area contributed by atoms with E-state index in [4.69, 9.17) is 4.74 Å². The minimum absolute atomic E-state index is 0.334. The zero-order valence-corrected chi connectivity index (χ0v) is 12.0. The van der Waals surface area contributed by atoms with Crippen LogP contribution >= 0.6 is 0 Å². The standard InChI is InChI=1S/C18H15NO2/c1-12-6-5-9-15(10-12)17-19-16(18(20)21-17)11-14-8-4-3-7-13(14)2/h3-11H,1-2H3/b16-11-. The molecule has 0 amide bonds. The molecule has 0 N–H and O–H groups in total. The first-order valence-electron chi connectivity index (χ1n) is 6.79. The van der Waals surface area contributed by atoms with E-state index in [1.807, 2.05) is 62.4 Å². The van der Waals surface area contributed by atoms with Crippen molar-refractivity contribution in [2.75, 3.05) is 0 Å². The predicted octanol–water partition coefficient (Wildman–Crippen LogP) is 3.65. The van der Waals surface area contributed by atoms with Gasteiger partial charge >= 0.3 is 5.97 Å². The van der Waals surface area contributed by atoms with E-state index >= 15 is 0 Å². The van der Waals surface area contributed by atoms with Crippen LogP contribution in [0.2, 0.25) is 0 Å². The van der Waals surface area contributed by atoms with Crippen molar-refractivity contribution >= 4 is 17.9 Å². The van der Waals surface area contributed by atoms with Crippen LogP contribution in [0.4, 0.5) is 0 Å². The van der Waals surface area contributed by atoms with E-state index in [1.54, 1.807) is 6.08 Å². The van der Waals surface area contributed by atoms with Crippen molar-refractivity contribution in [2.24, 2.45) is 4.99 Å². The number of hydrogen-bond acceptors (Lipinski definition) is 3. The van der Waals surface area contributed by atoms with Gasteiger partial charge in [-0.25, -0.2) is 9.79 Å². The second-order valence-corrected chi connectivity index (χ2v) is 5.06. The Balaban J connectivity index is 1.98. The summed E-state index contributed by atoms with van der Waals surface area (Å²) < 4.78 is 5.27. The number of hydrogen-bond donors (Lipinski definition) is 0. The molecule has 0 atom stereocenters. The first kappa shape index (κ1) is 13.3. The number of aliphatic imine (C=N–C) groups is 1. The summed E-state index contributed by atoms with van der Waals surface area (Å²) in [7, 11) is 0. The SMILES string of the molecule is Cc1cccc(C2=N/C(=C\c3ccccc3C)C(=O)O2)c1. The lowest BCUT2D eigenvalue weighted by Crippen LogP contribution is -2.05. The maximum Gasteiger partial charge on any atom is 0.363 e. The lowest BCUT2D eigenvalue weighted by atomic mass is 10.1. The van der Waals surface area contributed by atoms with Gasteiger partial charge in [-0.1, -0.05) is 42.0 Å². The first-order valence-corrected chi connectivity index (χ1v) is 6.79. The fraction of sp³-hybridized carbons (Fsp3) is 0.111. The van der Waals surface area contributed by atoms with Crippen molar-refractivity contribution < 1.29 is 9.53 Å². The van der Waals surface area contributed by atoms with Gasteiger partial charge in [0.15, 0.2) is 5.70 Å². The van der Waals surface area contributed by atoms with Gasteiger partial charge in [-0.2, -0.15) is 0 Å². The van der Waals surface area contributed by atoms with Crippen LogP contribution in [-0.4, -0.2) is 11.9 Å². The monoisotopic (exact) mass is 277 g/mol. The maximum atomic E-state index is 12.0. The molecule has 1 heterocycles. The number of nitrogens with zero attached hydrogens (tertiary/aromatic N) is 1. The van der Waals surface area contributed by atoms with Gasteiger partial charge in [-0.05, 0) is 43.2 Å². The van der Waals surface area contributed by atoms with E-state index in [1.165, 1.54) is 0 Å². The third kappa shape index (κ3) is 2.77. The summed E-state index contributed by atoms with van der Waals surface area (Å²) in [6.07, 6.45) is 1.76. The molecule has 2 aromatic rings. The van der Waals surface area contributed by atoms with Gasteiger partial charge in [-0.3, -0.25) is 0 Å². The summed E-state index contributed by atoms with van der Waals surface area (Å²) in [5, 5.41) is 0. The van der Waals surface area contributed by atoms with Crippen molar-refractivity contribution in [3.63, 3.8) is 0 Å². The molecule has 0 aliphatic carbocycles. The number of rotatable bonds is 2. The van der Waals surface area contributed by atoms with Gasteiger partial charge in [0.1, 0.15) is 0 Å². The third-order valence-electron chi connectivity index (χ3n) is 3.37. The highest BCUT2D eigenvalue weighted by molar-refractivity contribution is 6.12. The molecular weight excluding hydrogens is 262 g/mol. The third-order valence-corrected chi connectivity index (χ3v) is 3.37. The highest BCUT2D eigenvalue weighted by Gasteiger charge is 2.24. The molecule has 21 heavy (non-hydrogen) atoms. The second kappa shape index (κ2) is 5.37. The molecule has 1 aliphatic heterocycles. The molecule has 0 bridgehead atoms. The lowest BCUT2D eigenvalue weighted by Gasteiger charge is -1.99. The normalized spacial score (nSPS) is 16.0. The van der Waals surface area contributed by atoms with E-state index in [0.29, 0.717) is 11.6 Å². The Bertz CT molecular complexity index is 772. The number of aryl methyl sites for hydroxylation is 2. The first-order chi connectivity index (χ1) is 10.1. The van der Waals surface area contributed by atoms with Gasteiger partial charge in [0.05, 0.1) is 0 Å². The molecule has 2 aromatic carbocycles. The molecule has 0 radical (unpaired) electrons. The summed E-state index contributed by atoms with van der Waals surface area (Å²) >= 11 is 0. The number of cyclic esters (lactones) is 1. The van der Waals surface area contributed by atoms with Crippen molar-refractivity contribution in [1.82, 2.24) is 0 Å². The fourth-order valence-electron chi connectivity index (χ4n) is 2.21. The van der Waals surface area contributed by atoms with E-state index in [0.717, 1.165) is 22.3 Å². The van der Waals surface area contributed by atoms with Crippen LogP contribution in [0.1, 0.15) is 22.3 Å². The highest BCUT2D eigenvalue weighted by atomic mass is 16.6. The molecular formula is C18H15NO2. The van der Waals surface area contributed by atoms with E-state index in [2.05, 4.69) is 4.99 Å². The Kier molecular flexibility index (Phi) is 3.40. The van der Waals surface area contributed by atoms with Gasteiger partial charge in [-0.15, -0.1) is 0 Å². The van der Waals surface area contributed by atoms with Crippen LogP contribution in [0, 0.1) is 13.8 Å². The Labute approximate surface area is 123 Å². The molecule has 104 valence electrons. The maximum absolute atomic E-state index is 12.0. The topological polar surface area (TPSA) is 38.7 Å². The molecule has 0 saturated heterocycles. The average molecular weight is 277 g/mol. The van der Waals surface area contributed by atoms with E-state index < -0.39 is 5.97 Å². The molecule has 3 nitrogen and oxygen atoms in total. The molecule has 0 unspecified atom stereocenters. The molecule has 1 aliphatic rings. The van der Waals surface area contributed by atoms with E-state index in [-0.39, 0.29) is 0 Å². The summed E-state index contributed by atoms with van der Waals surface area (Å²) in [5.41, 5.74) is 4.32. The molecule has 3 heteroatoms. The quantitative estimate of drug-likeness (QED) is 0.621. The molecule has 3 rings (SSSR count). The zero-order chi connectivity index (χ0) is 14.8. The molecule has 0 aromatic heterocycles. The summed E-state index contributed by atoms with van der Waals surface area (Å²) in [6, 6.07) is 15.6. The van der Waals surface area contributed by atoms with Crippen LogP contribution < -0.4 is 0 Å². The second-order valence-electron chi connectivity index (χ2n) is 5.06. The van der Waals surface area contributed by atoms with Gasteiger partial charge < -0.3 is 4.74 Å². The highest BCUT2D eigenvalue weighted by Crippen LogP contribution is 2.20. The van der Waals surface area contributed by atoms with Crippen LogP contribution in [-0.2, 0) is 9.53 Å². The molecule has 0 saturated carbocycles. The van der Waals surface area contributed by atoms with Crippen molar-refractivity contribution in [1.29, 1.82) is 0 Å². The summed E-state index contributed by atoms with van der Waals surface area (Å²) in [6.45, 7) is 3.99. The Hall–Kier alpha value is -2.68. The summed E-state index contributed by atoms with van der Waals surface area (Å²) in [4.78, 5) is 16.3. The lowest BCUT2D eigenvalue weighted by molar-refractivity contribution is -0.129. The number of carbonyl (C=O) groups excluding carboxylic acids is 1. The van der Waals surface area contributed by atoms with Crippen LogP contribution in [0.25, 0.3) is 6.08 Å². The molecule has 0 fully saturated rings. The fourth-order valence-corrected chi connectivity index (χ4v) is 2.21.